The molecule has 0 saturated heterocycles. The summed E-state index contributed by atoms with van der Waals surface area (Å²) < 4.78 is 11.2. The predicted molar refractivity (Wildman–Crippen MR) is 84.6 cm³/mol. The number of carbonyl (C=O) groups is 1. The Bertz CT molecular complexity index is 844. The van der Waals surface area contributed by atoms with Crippen molar-refractivity contribution in [2.24, 2.45) is 0 Å². The quantitative estimate of drug-likeness (QED) is 0.411. The molecule has 0 fully saturated rings. The van der Waals surface area contributed by atoms with E-state index >= 15 is 0 Å². The Labute approximate surface area is 128 Å². The third-order valence-electron chi connectivity index (χ3n) is 3.21. The number of aryl methyl sites for hydroxylation is 1. The van der Waals surface area contributed by atoms with Crippen molar-refractivity contribution in [3.63, 3.8) is 0 Å². The molecule has 3 aromatic rings. The average Bonchev–Trinajstić information content (AvgIpc) is 2.90. The number of esters is 1. The molecule has 0 atom stereocenters. The summed E-state index contributed by atoms with van der Waals surface area (Å²) in [6, 6.07) is 13.0. The Morgan fingerprint density at radius 1 is 1.23 bits per heavy atom. The first kappa shape index (κ1) is 14.1. The van der Waals surface area contributed by atoms with Gasteiger partial charge in [-0.2, -0.15) is 0 Å². The molecule has 22 heavy (non-hydrogen) atoms. The molecular weight excluding hydrogens is 278 g/mol. The second-order valence-corrected chi connectivity index (χ2v) is 5.16. The van der Waals surface area contributed by atoms with E-state index in [2.05, 4.69) is 11.6 Å². The molecule has 0 saturated carbocycles. The summed E-state index contributed by atoms with van der Waals surface area (Å²) in [6.45, 7) is 7.13. The van der Waals surface area contributed by atoms with E-state index in [-0.39, 0.29) is 0 Å². The van der Waals surface area contributed by atoms with Gasteiger partial charge >= 0.3 is 5.97 Å². The predicted octanol–water partition coefficient (Wildman–Crippen LogP) is 4.28. The second kappa shape index (κ2) is 5.48. The van der Waals surface area contributed by atoms with Gasteiger partial charge in [-0.25, -0.2) is 9.78 Å². The molecule has 0 unspecified atom stereocenters. The minimum atomic E-state index is -0.469. The molecule has 0 aliphatic heterocycles. The third kappa shape index (κ3) is 2.63. The Hall–Kier alpha value is -2.88. The smallest absolute Gasteiger partial charge is 0.338 e. The van der Waals surface area contributed by atoms with Crippen LogP contribution in [0.4, 0.5) is 0 Å². The number of hydrogen-bond donors (Lipinski definition) is 0. The highest BCUT2D eigenvalue weighted by Crippen LogP contribution is 2.32. The molecule has 0 radical (unpaired) electrons. The minimum Gasteiger partial charge on any atom is -0.436 e. The molecule has 4 nitrogen and oxygen atoms in total. The van der Waals surface area contributed by atoms with Gasteiger partial charge in [-0.15, -0.1) is 0 Å². The first-order valence-corrected chi connectivity index (χ1v) is 6.89. The van der Waals surface area contributed by atoms with Crippen molar-refractivity contribution in [2.45, 2.75) is 13.8 Å². The molecule has 1 aromatic heterocycles. The summed E-state index contributed by atoms with van der Waals surface area (Å²) in [5.74, 6) is 0.369. The van der Waals surface area contributed by atoms with Crippen LogP contribution in [0.2, 0.25) is 0 Å². The first-order chi connectivity index (χ1) is 10.5. The maximum atomic E-state index is 11.8. The maximum Gasteiger partial charge on any atom is 0.338 e. The monoisotopic (exact) mass is 293 g/mol. The van der Waals surface area contributed by atoms with E-state index in [0.717, 1.165) is 11.1 Å². The summed E-state index contributed by atoms with van der Waals surface area (Å²) in [7, 11) is 0. The van der Waals surface area contributed by atoms with Crippen LogP contribution in [0.1, 0.15) is 12.5 Å². The number of fused-ring (bicyclic) bond motifs is 1. The summed E-state index contributed by atoms with van der Waals surface area (Å²) in [5.41, 5.74) is 3.40. The van der Waals surface area contributed by atoms with E-state index < -0.39 is 5.97 Å². The molecule has 0 aliphatic rings. The number of ether oxygens (including phenoxy) is 1. The second-order valence-electron chi connectivity index (χ2n) is 5.16. The average molecular weight is 293 g/mol. The lowest BCUT2D eigenvalue weighted by Gasteiger charge is -2.08. The van der Waals surface area contributed by atoms with Crippen molar-refractivity contribution in [1.29, 1.82) is 0 Å². The zero-order valence-electron chi connectivity index (χ0n) is 12.4. The normalized spacial score (nSPS) is 10.6. The molecule has 0 spiro atoms. The van der Waals surface area contributed by atoms with Gasteiger partial charge in [-0.1, -0.05) is 24.8 Å². The van der Waals surface area contributed by atoms with Gasteiger partial charge in [0.2, 0.25) is 5.89 Å². The van der Waals surface area contributed by atoms with Crippen LogP contribution in [0.15, 0.2) is 59.0 Å². The number of aromatic nitrogens is 1. The number of oxazole rings is 1. The molecule has 3 rings (SSSR count). The number of carbonyl (C=O) groups excluding carboxylic acids is 1. The standard InChI is InChI=1S/C18H15NO3/c1-11(2)18(20)22-16-10-12(3)8-9-13(16)17-19-14-6-4-5-7-15(14)21-17/h4-10H,1H2,2-3H3. The van der Waals surface area contributed by atoms with Crippen LogP contribution in [0.3, 0.4) is 0 Å². The van der Waals surface area contributed by atoms with Crippen molar-refractivity contribution < 1.29 is 13.9 Å². The number of rotatable bonds is 3. The van der Waals surface area contributed by atoms with Crippen LogP contribution in [0.25, 0.3) is 22.6 Å². The first-order valence-electron chi connectivity index (χ1n) is 6.89. The van der Waals surface area contributed by atoms with Crippen molar-refractivity contribution >= 4 is 17.1 Å². The topological polar surface area (TPSA) is 52.3 Å². The number of hydrogen-bond acceptors (Lipinski definition) is 4. The van der Waals surface area contributed by atoms with Crippen LogP contribution in [-0.4, -0.2) is 11.0 Å². The zero-order chi connectivity index (χ0) is 15.7. The van der Waals surface area contributed by atoms with Crippen LogP contribution in [0.5, 0.6) is 5.75 Å². The maximum absolute atomic E-state index is 11.8. The Morgan fingerprint density at radius 2 is 2.00 bits per heavy atom. The molecule has 0 bridgehead atoms. The Morgan fingerprint density at radius 3 is 2.73 bits per heavy atom. The van der Waals surface area contributed by atoms with E-state index in [1.54, 1.807) is 13.0 Å². The fraction of sp³-hybridized carbons (Fsp3) is 0.111. The van der Waals surface area contributed by atoms with Gasteiger partial charge in [0, 0.05) is 5.57 Å². The van der Waals surface area contributed by atoms with Crippen LogP contribution in [-0.2, 0) is 4.79 Å². The summed E-state index contributed by atoms with van der Waals surface area (Å²) in [5, 5.41) is 0. The fourth-order valence-electron chi connectivity index (χ4n) is 2.07. The van der Waals surface area contributed by atoms with Gasteiger partial charge in [0.05, 0.1) is 5.56 Å². The number of para-hydroxylation sites is 2. The zero-order valence-corrected chi connectivity index (χ0v) is 12.4. The van der Waals surface area contributed by atoms with Gasteiger partial charge in [-0.3, -0.25) is 0 Å². The Kier molecular flexibility index (Phi) is 3.51. The fourth-order valence-corrected chi connectivity index (χ4v) is 2.07. The highest BCUT2D eigenvalue weighted by Gasteiger charge is 2.16. The molecule has 1 heterocycles. The molecule has 0 amide bonds. The van der Waals surface area contributed by atoms with Crippen LogP contribution < -0.4 is 4.74 Å². The summed E-state index contributed by atoms with van der Waals surface area (Å²) in [6.07, 6.45) is 0. The van der Waals surface area contributed by atoms with Gasteiger partial charge in [0.25, 0.3) is 0 Å². The minimum absolute atomic E-state index is 0.338. The largest absolute Gasteiger partial charge is 0.436 e. The lowest BCUT2D eigenvalue weighted by molar-refractivity contribution is -0.130. The highest BCUT2D eigenvalue weighted by atomic mass is 16.5. The lowest BCUT2D eigenvalue weighted by atomic mass is 10.1. The number of nitrogens with zero attached hydrogens (tertiary/aromatic N) is 1. The van der Waals surface area contributed by atoms with E-state index in [1.165, 1.54) is 0 Å². The van der Waals surface area contributed by atoms with Crippen molar-refractivity contribution in [2.75, 3.05) is 0 Å². The lowest BCUT2D eigenvalue weighted by Crippen LogP contribution is -2.09. The van der Waals surface area contributed by atoms with E-state index in [1.807, 2.05) is 43.3 Å². The SMILES string of the molecule is C=C(C)C(=O)Oc1cc(C)ccc1-c1nc2ccccc2o1. The summed E-state index contributed by atoms with van der Waals surface area (Å²) in [4.78, 5) is 16.3. The Balaban J connectivity index is 2.09. The van der Waals surface area contributed by atoms with Gasteiger partial charge in [0.1, 0.15) is 11.3 Å². The molecule has 4 heteroatoms. The van der Waals surface area contributed by atoms with E-state index in [0.29, 0.717) is 28.4 Å². The highest BCUT2D eigenvalue weighted by molar-refractivity contribution is 5.90. The molecule has 0 N–H and O–H groups in total. The molecule has 2 aromatic carbocycles. The summed E-state index contributed by atoms with van der Waals surface area (Å²) >= 11 is 0. The van der Waals surface area contributed by atoms with Gasteiger partial charge < -0.3 is 9.15 Å². The molecular formula is C18H15NO3. The molecule has 0 aliphatic carbocycles. The van der Waals surface area contributed by atoms with Crippen LogP contribution in [0, 0.1) is 6.92 Å². The third-order valence-corrected chi connectivity index (χ3v) is 3.21. The van der Waals surface area contributed by atoms with Crippen molar-refractivity contribution in [1.82, 2.24) is 4.98 Å². The van der Waals surface area contributed by atoms with Crippen LogP contribution >= 0.6 is 0 Å². The van der Waals surface area contributed by atoms with Gasteiger partial charge in [-0.05, 0) is 43.7 Å². The molecule has 110 valence electrons. The van der Waals surface area contributed by atoms with Gasteiger partial charge in [0.15, 0.2) is 5.58 Å². The van der Waals surface area contributed by atoms with Crippen molar-refractivity contribution in [3.05, 3.63) is 60.2 Å². The van der Waals surface area contributed by atoms with Crippen molar-refractivity contribution in [3.8, 4) is 17.2 Å². The number of benzene rings is 2. The van der Waals surface area contributed by atoms with E-state index in [9.17, 15) is 4.79 Å². The van der Waals surface area contributed by atoms with E-state index in [4.69, 9.17) is 9.15 Å².